The van der Waals surface area contributed by atoms with E-state index in [9.17, 15) is 4.79 Å². The van der Waals surface area contributed by atoms with Crippen LogP contribution in [0.25, 0.3) is 0 Å². The minimum Gasteiger partial charge on any atom is -0.497 e. The molecule has 0 radical (unpaired) electrons. The number of nitrogens with zero attached hydrogens (tertiary/aromatic N) is 3. The Kier molecular flexibility index (Phi) is 5.61. The molecule has 0 spiro atoms. The van der Waals surface area contributed by atoms with E-state index in [0.717, 1.165) is 17.4 Å². The van der Waals surface area contributed by atoms with Gasteiger partial charge in [0.25, 0.3) is 0 Å². The fraction of sp³-hybridized carbons (Fsp3) is 0.609. The summed E-state index contributed by atoms with van der Waals surface area (Å²) in [5.74, 6) is 4.13. The second kappa shape index (κ2) is 8.17. The Hall–Kier alpha value is -2.37. The van der Waals surface area contributed by atoms with Crippen LogP contribution in [0.1, 0.15) is 55.7 Å². The zero-order valence-electron chi connectivity index (χ0n) is 17.9. The van der Waals surface area contributed by atoms with E-state index in [2.05, 4.69) is 27.5 Å². The summed E-state index contributed by atoms with van der Waals surface area (Å²) >= 11 is 0. The largest absolute Gasteiger partial charge is 0.497 e. The zero-order valence-corrected chi connectivity index (χ0v) is 17.9. The first-order chi connectivity index (χ1) is 14.0. The molecule has 1 heterocycles. The quantitative estimate of drug-likeness (QED) is 0.810. The molecular formula is C23H32N4O2. The Morgan fingerprint density at radius 3 is 2.52 bits per heavy atom. The number of carbonyl (C=O) groups excluding carboxylic acids is 1. The van der Waals surface area contributed by atoms with Crippen molar-refractivity contribution in [2.45, 2.75) is 65.0 Å². The molecule has 2 saturated carbocycles. The molecule has 6 heteroatoms. The number of hydrogen-bond acceptors (Lipinski definition) is 4. The van der Waals surface area contributed by atoms with Crippen molar-refractivity contribution in [3.05, 3.63) is 41.5 Å². The Balaban J connectivity index is 1.47. The summed E-state index contributed by atoms with van der Waals surface area (Å²) in [5.41, 5.74) is 1.31. The SMILES string of the molecule is COc1ccc([C@H]2[C@@H]3CCCC[C@H]3[C@@H]2NC(=O)[C@@H](C)Cn2nc(C)nc2C)cc1. The maximum Gasteiger partial charge on any atom is 0.224 e. The lowest BCUT2D eigenvalue weighted by Gasteiger charge is -2.55. The average Bonchev–Trinajstić information content (AvgIpc) is 3.03. The number of methoxy groups -OCH3 is 1. The van der Waals surface area contributed by atoms with Crippen molar-refractivity contribution in [2.24, 2.45) is 17.8 Å². The van der Waals surface area contributed by atoms with Gasteiger partial charge in [-0.1, -0.05) is 31.9 Å². The molecule has 6 nitrogen and oxygen atoms in total. The van der Waals surface area contributed by atoms with Crippen LogP contribution in [-0.4, -0.2) is 33.8 Å². The number of fused-ring (bicyclic) bond motifs is 1. The topological polar surface area (TPSA) is 69.0 Å². The van der Waals surface area contributed by atoms with Crippen LogP contribution in [0.5, 0.6) is 5.75 Å². The minimum absolute atomic E-state index is 0.116. The molecule has 0 bridgehead atoms. The first-order valence-corrected chi connectivity index (χ1v) is 10.8. The lowest BCUT2D eigenvalue weighted by molar-refractivity contribution is -0.128. The lowest BCUT2D eigenvalue weighted by atomic mass is 9.53. The first-order valence-electron chi connectivity index (χ1n) is 10.8. The third-order valence-electron chi connectivity index (χ3n) is 6.85. The van der Waals surface area contributed by atoms with E-state index in [1.807, 2.05) is 37.6 Å². The molecule has 29 heavy (non-hydrogen) atoms. The maximum atomic E-state index is 13.0. The summed E-state index contributed by atoms with van der Waals surface area (Å²) in [6.45, 7) is 6.35. The Labute approximate surface area is 173 Å². The molecule has 1 aromatic heterocycles. The highest BCUT2D eigenvalue weighted by molar-refractivity contribution is 5.79. The molecule has 0 saturated heterocycles. The second-order valence-corrected chi connectivity index (χ2v) is 8.73. The molecule has 1 aromatic carbocycles. The molecule has 0 aliphatic heterocycles. The van der Waals surface area contributed by atoms with Gasteiger partial charge >= 0.3 is 0 Å². The van der Waals surface area contributed by atoms with Crippen molar-refractivity contribution in [3.8, 4) is 5.75 Å². The average molecular weight is 397 g/mol. The first kappa shape index (κ1) is 19.9. The Morgan fingerprint density at radius 2 is 1.90 bits per heavy atom. The molecule has 1 amide bonds. The number of nitrogens with one attached hydrogen (secondary N) is 1. The highest BCUT2D eigenvalue weighted by Gasteiger charge is 2.51. The van der Waals surface area contributed by atoms with Crippen molar-refractivity contribution in [1.29, 1.82) is 0 Å². The number of rotatable bonds is 6. The van der Waals surface area contributed by atoms with Crippen molar-refractivity contribution >= 4 is 5.91 Å². The van der Waals surface area contributed by atoms with Crippen LogP contribution < -0.4 is 10.1 Å². The summed E-state index contributed by atoms with van der Waals surface area (Å²) in [4.78, 5) is 17.4. The Bertz CT molecular complexity index is 860. The van der Waals surface area contributed by atoms with E-state index in [1.165, 1.54) is 31.2 Å². The molecular weight excluding hydrogens is 364 g/mol. The number of ether oxygens (including phenoxy) is 1. The van der Waals surface area contributed by atoms with Gasteiger partial charge in [0.05, 0.1) is 19.6 Å². The molecule has 156 valence electrons. The molecule has 2 aliphatic carbocycles. The molecule has 1 N–H and O–H groups in total. The maximum absolute atomic E-state index is 13.0. The van der Waals surface area contributed by atoms with Gasteiger partial charge in [-0.3, -0.25) is 4.79 Å². The highest BCUT2D eigenvalue weighted by atomic mass is 16.5. The summed E-state index contributed by atoms with van der Waals surface area (Å²) in [7, 11) is 1.69. The van der Waals surface area contributed by atoms with Crippen LogP contribution in [-0.2, 0) is 11.3 Å². The normalized spacial score (nSPS) is 26.9. The molecule has 5 atom stereocenters. The van der Waals surface area contributed by atoms with Gasteiger partial charge in [0.15, 0.2) is 0 Å². The van der Waals surface area contributed by atoms with Crippen molar-refractivity contribution in [2.75, 3.05) is 7.11 Å². The summed E-state index contributed by atoms with van der Waals surface area (Å²) in [6.07, 6.45) is 5.06. The summed E-state index contributed by atoms with van der Waals surface area (Å²) < 4.78 is 7.15. The number of benzene rings is 1. The predicted octanol–water partition coefficient (Wildman–Crippen LogP) is 3.63. The zero-order chi connectivity index (χ0) is 20.5. The monoisotopic (exact) mass is 396 g/mol. The number of aromatic nitrogens is 3. The van der Waals surface area contributed by atoms with Crippen molar-refractivity contribution < 1.29 is 9.53 Å². The molecule has 4 rings (SSSR count). The number of hydrogen-bond donors (Lipinski definition) is 1. The summed E-state index contributed by atoms with van der Waals surface area (Å²) in [5, 5.41) is 7.81. The van der Waals surface area contributed by atoms with Gasteiger partial charge in [0, 0.05) is 12.0 Å². The van der Waals surface area contributed by atoms with Gasteiger partial charge in [0.1, 0.15) is 17.4 Å². The fourth-order valence-corrected chi connectivity index (χ4v) is 5.33. The van der Waals surface area contributed by atoms with Gasteiger partial charge in [-0.25, -0.2) is 9.67 Å². The van der Waals surface area contributed by atoms with Crippen LogP contribution >= 0.6 is 0 Å². The standard InChI is InChI=1S/C23H32N4O2/c1-14(13-27-16(3)24-15(2)26-27)23(28)25-22-20-8-6-5-7-19(20)21(22)17-9-11-18(29-4)12-10-17/h9-12,14,19-22H,5-8,13H2,1-4H3,(H,25,28)/t14-,19+,20+,21-,22-/m0/s1. The smallest absolute Gasteiger partial charge is 0.224 e. The minimum atomic E-state index is -0.144. The van der Waals surface area contributed by atoms with E-state index < -0.39 is 0 Å². The molecule has 2 aromatic rings. The lowest BCUT2D eigenvalue weighted by Crippen LogP contribution is -2.60. The van der Waals surface area contributed by atoms with Crippen LogP contribution in [0, 0.1) is 31.6 Å². The van der Waals surface area contributed by atoms with Crippen LogP contribution in [0.4, 0.5) is 0 Å². The van der Waals surface area contributed by atoms with Crippen LogP contribution in [0.3, 0.4) is 0 Å². The van der Waals surface area contributed by atoms with Gasteiger partial charge in [-0.05, 0) is 56.2 Å². The predicted molar refractivity (Wildman–Crippen MR) is 112 cm³/mol. The fourth-order valence-electron chi connectivity index (χ4n) is 5.33. The van der Waals surface area contributed by atoms with Crippen LogP contribution in [0.2, 0.25) is 0 Å². The van der Waals surface area contributed by atoms with E-state index in [0.29, 0.717) is 24.3 Å². The van der Waals surface area contributed by atoms with Crippen molar-refractivity contribution in [1.82, 2.24) is 20.1 Å². The van der Waals surface area contributed by atoms with E-state index in [4.69, 9.17) is 4.74 Å². The van der Waals surface area contributed by atoms with E-state index in [1.54, 1.807) is 7.11 Å². The van der Waals surface area contributed by atoms with Crippen molar-refractivity contribution in [3.63, 3.8) is 0 Å². The van der Waals surface area contributed by atoms with Gasteiger partial charge in [0.2, 0.25) is 5.91 Å². The number of amides is 1. The van der Waals surface area contributed by atoms with E-state index >= 15 is 0 Å². The van der Waals surface area contributed by atoms with Crippen LogP contribution in [0.15, 0.2) is 24.3 Å². The third kappa shape index (κ3) is 3.89. The molecule has 2 fully saturated rings. The highest BCUT2D eigenvalue weighted by Crippen LogP contribution is 2.54. The molecule has 2 aliphatic rings. The third-order valence-corrected chi connectivity index (χ3v) is 6.85. The number of carbonyl (C=O) groups is 1. The van der Waals surface area contributed by atoms with Gasteiger partial charge in [-0.15, -0.1) is 0 Å². The van der Waals surface area contributed by atoms with E-state index in [-0.39, 0.29) is 17.9 Å². The van der Waals surface area contributed by atoms with Gasteiger partial charge in [-0.2, -0.15) is 5.10 Å². The Morgan fingerprint density at radius 1 is 1.21 bits per heavy atom. The number of aryl methyl sites for hydroxylation is 2. The second-order valence-electron chi connectivity index (χ2n) is 8.73. The molecule has 0 unspecified atom stereocenters. The van der Waals surface area contributed by atoms with Gasteiger partial charge < -0.3 is 10.1 Å². The summed E-state index contributed by atoms with van der Waals surface area (Å²) in [6, 6.07) is 8.62.